The van der Waals surface area contributed by atoms with Crippen molar-refractivity contribution in [3.63, 3.8) is 0 Å². The average molecular weight is 418 g/mol. The summed E-state index contributed by atoms with van der Waals surface area (Å²) in [5.41, 5.74) is 0.633. The number of aliphatic hydroxyl groups is 1. The van der Waals surface area contributed by atoms with Gasteiger partial charge in [-0.25, -0.2) is 18.3 Å². The number of hydrogen-bond acceptors (Lipinski definition) is 6. The van der Waals surface area contributed by atoms with Gasteiger partial charge in [-0.15, -0.1) is 0 Å². The van der Waals surface area contributed by atoms with Gasteiger partial charge in [-0.3, -0.25) is 9.78 Å². The Kier molecular flexibility index (Phi) is 5.97. The molecule has 1 amide bonds. The van der Waals surface area contributed by atoms with Gasteiger partial charge < -0.3 is 15.7 Å². The molecular weight excluding hydrogens is 394 g/mol. The van der Waals surface area contributed by atoms with Gasteiger partial charge in [-0.05, 0) is 33.8 Å². The Morgan fingerprint density at radius 2 is 2.00 bits per heavy atom. The average Bonchev–Trinajstić information content (AvgIpc) is 3.07. The molecule has 0 bridgehead atoms. The lowest BCUT2D eigenvalue weighted by molar-refractivity contribution is -0.00177. The van der Waals surface area contributed by atoms with Crippen molar-refractivity contribution in [2.75, 3.05) is 11.9 Å². The Morgan fingerprint density at radius 3 is 2.67 bits per heavy atom. The molecule has 0 saturated carbocycles. The van der Waals surface area contributed by atoms with E-state index in [4.69, 9.17) is 0 Å². The molecule has 3 aromatic heterocycles. The number of alkyl halides is 1. The second-order valence-electron chi connectivity index (χ2n) is 7.84. The molecule has 0 aliphatic heterocycles. The van der Waals surface area contributed by atoms with Crippen molar-refractivity contribution in [1.82, 2.24) is 24.9 Å². The van der Waals surface area contributed by atoms with E-state index in [0.717, 1.165) is 6.20 Å². The molecule has 3 N–H and O–H groups in total. The van der Waals surface area contributed by atoms with E-state index in [-0.39, 0.29) is 18.2 Å². The van der Waals surface area contributed by atoms with Crippen molar-refractivity contribution in [3.8, 4) is 11.3 Å². The van der Waals surface area contributed by atoms with Gasteiger partial charge in [0, 0.05) is 12.2 Å². The number of anilines is 1. The summed E-state index contributed by atoms with van der Waals surface area (Å²) in [6.07, 6.45) is 3.56. The van der Waals surface area contributed by atoms with E-state index in [2.05, 4.69) is 25.7 Å². The summed E-state index contributed by atoms with van der Waals surface area (Å²) in [6.45, 7) is 6.15. The van der Waals surface area contributed by atoms with Gasteiger partial charge >= 0.3 is 0 Å². The van der Waals surface area contributed by atoms with Gasteiger partial charge in [-0.2, -0.15) is 5.10 Å². The van der Waals surface area contributed by atoms with Crippen molar-refractivity contribution in [2.24, 2.45) is 0 Å². The molecule has 0 aliphatic carbocycles. The van der Waals surface area contributed by atoms with E-state index >= 15 is 0 Å². The van der Waals surface area contributed by atoms with Gasteiger partial charge in [0.2, 0.25) is 0 Å². The molecule has 0 spiro atoms. The second-order valence-corrected chi connectivity index (χ2v) is 7.84. The predicted molar refractivity (Wildman–Crippen MR) is 108 cm³/mol. The molecule has 0 aliphatic rings. The fourth-order valence-corrected chi connectivity index (χ4v) is 2.77. The molecule has 3 aromatic rings. The number of fused-ring (bicyclic) bond motifs is 1. The first-order valence-corrected chi connectivity index (χ1v) is 9.46. The van der Waals surface area contributed by atoms with E-state index < -0.39 is 23.5 Å². The molecular formula is C20H24F2N6O2. The van der Waals surface area contributed by atoms with Crippen LogP contribution < -0.4 is 10.6 Å². The Morgan fingerprint density at radius 1 is 1.27 bits per heavy atom. The number of nitrogens with zero attached hydrogens (tertiary/aromatic N) is 4. The Balaban J connectivity index is 1.92. The Hall–Kier alpha value is -3.14. The lowest BCUT2D eigenvalue weighted by atomic mass is 10.0. The van der Waals surface area contributed by atoms with E-state index in [1.807, 2.05) is 13.8 Å². The fourth-order valence-electron chi connectivity index (χ4n) is 2.77. The zero-order valence-electron chi connectivity index (χ0n) is 17.1. The van der Waals surface area contributed by atoms with Crippen LogP contribution in [0.2, 0.25) is 0 Å². The smallest absolute Gasteiger partial charge is 0.255 e. The summed E-state index contributed by atoms with van der Waals surface area (Å²) >= 11 is 0. The lowest BCUT2D eigenvalue weighted by Crippen LogP contribution is -2.42. The first kappa shape index (κ1) is 21.6. The third-order valence-corrected chi connectivity index (χ3v) is 4.40. The van der Waals surface area contributed by atoms with Crippen LogP contribution in [0.1, 0.15) is 38.1 Å². The van der Waals surface area contributed by atoms with Crippen molar-refractivity contribution in [1.29, 1.82) is 0 Å². The first-order chi connectivity index (χ1) is 14.1. The van der Waals surface area contributed by atoms with Crippen LogP contribution in [0, 0.1) is 5.82 Å². The molecule has 8 nitrogen and oxygen atoms in total. The normalized spacial score (nSPS) is 12.9. The van der Waals surface area contributed by atoms with E-state index in [1.54, 1.807) is 6.07 Å². The number of carbonyl (C=O) groups excluding carboxylic acids is 1. The molecule has 0 aromatic carbocycles. The molecule has 1 atom stereocenters. The summed E-state index contributed by atoms with van der Waals surface area (Å²) in [5.74, 6) is -1.04. The van der Waals surface area contributed by atoms with Gasteiger partial charge in [0.15, 0.2) is 11.5 Å². The summed E-state index contributed by atoms with van der Waals surface area (Å²) in [7, 11) is 0. The van der Waals surface area contributed by atoms with Crippen LogP contribution in [0.15, 0.2) is 30.9 Å². The number of amides is 1. The minimum absolute atomic E-state index is 0.00762. The van der Waals surface area contributed by atoms with Crippen molar-refractivity contribution in [2.45, 2.75) is 45.5 Å². The standard InChI is InChI=1S/C20H24F2N6O2/c1-11(2)27-16-5-15(13-8-26-28-10-12(21)6-24-18(13)28)23-7-14(16)19(29)25-9-17(22)20(3,4)30/h5-8,10-11,17,30H,9H2,1-4H3,(H,23,27)(H,25,29). The zero-order chi connectivity index (χ0) is 22.1. The SMILES string of the molecule is CC(C)Nc1cc(-c2cnn3cc(F)cnc23)ncc1C(=O)NCC(F)C(C)(C)O. The number of halogens is 2. The summed E-state index contributed by atoms with van der Waals surface area (Å²) < 4.78 is 28.7. The summed E-state index contributed by atoms with van der Waals surface area (Å²) in [4.78, 5) is 21.0. The van der Waals surface area contributed by atoms with Gasteiger partial charge in [0.25, 0.3) is 5.91 Å². The number of carbonyl (C=O) groups is 1. The maximum absolute atomic E-state index is 14.0. The number of aromatic nitrogens is 4. The molecule has 10 heteroatoms. The quantitative estimate of drug-likeness (QED) is 0.545. The molecule has 30 heavy (non-hydrogen) atoms. The molecule has 3 rings (SSSR count). The molecule has 1 unspecified atom stereocenters. The monoisotopic (exact) mass is 418 g/mol. The zero-order valence-corrected chi connectivity index (χ0v) is 17.1. The molecule has 0 radical (unpaired) electrons. The third-order valence-electron chi connectivity index (χ3n) is 4.40. The van der Waals surface area contributed by atoms with Crippen molar-refractivity contribution < 1.29 is 18.7 Å². The number of hydrogen-bond donors (Lipinski definition) is 3. The number of pyridine rings is 1. The van der Waals surface area contributed by atoms with Crippen LogP contribution >= 0.6 is 0 Å². The molecule has 0 saturated heterocycles. The van der Waals surface area contributed by atoms with E-state index in [1.165, 1.54) is 37.0 Å². The van der Waals surface area contributed by atoms with Crippen molar-refractivity contribution >= 4 is 17.2 Å². The highest BCUT2D eigenvalue weighted by Gasteiger charge is 2.27. The topological polar surface area (TPSA) is 104 Å². The maximum Gasteiger partial charge on any atom is 0.255 e. The minimum Gasteiger partial charge on any atom is -0.387 e. The highest BCUT2D eigenvalue weighted by molar-refractivity contribution is 6.00. The predicted octanol–water partition coefficient (Wildman–Crippen LogP) is 2.59. The van der Waals surface area contributed by atoms with Crippen LogP contribution in [0.3, 0.4) is 0 Å². The first-order valence-electron chi connectivity index (χ1n) is 9.46. The van der Waals surface area contributed by atoms with Gasteiger partial charge in [0.1, 0.15) is 6.17 Å². The number of nitrogens with one attached hydrogen (secondary N) is 2. The fraction of sp³-hybridized carbons (Fsp3) is 0.400. The largest absolute Gasteiger partial charge is 0.387 e. The van der Waals surface area contributed by atoms with Crippen LogP contribution in [-0.2, 0) is 0 Å². The lowest BCUT2D eigenvalue weighted by Gasteiger charge is -2.23. The number of rotatable bonds is 7. The highest BCUT2D eigenvalue weighted by atomic mass is 19.1. The van der Waals surface area contributed by atoms with Crippen molar-refractivity contribution in [3.05, 3.63) is 42.2 Å². The highest BCUT2D eigenvalue weighted by Crippen LogP contribution is 2.26. The summed E-state index contributed by atoms with van der Waals surface area (Å²) in [6, 6.07) is 1.67. The van der Waals surface area contributed by atoms with Gasteiger partial charge in [0.05, 0.1) is 53.2 Å². The third kappa shape index (κ3) is 4.70. The maximum atomic E-state index is 14.0. The molecule has 0 fully saturated rings. The second kappa shape index (κ2) is 8.31. The minimum atomic E-state index is -1.62. The van der Waals surface area contributed by atoms with Crippen LogP contribution in [-0.4, -0.2) is 55.0 Å². The molecule has 160 valence electrons. The van der Waals surface area contributed by atoms with Crippen LogP contribution in [0.25, 0.3) is 16.9 Å². The Bertz CT molecular complexity index is 1060. The van der Waals surface area contributed by atoms with Crippen LogP contribution in [0.4, 0.5) is 14.5 Å². The van der Waals surface area contributed by atoms with E-state index in [9.17, 15) is 18.7 Å². The Labute approximate surface area is 172 Å². The molecule has 3 heterocycles. The van der Waals surface area contributed by atoms with Crippen LogP contribution in [0.5, 0.6) is 0 Å². The van der Waals surface area contributed by atoms with Gasteiger partial charge in [-0.1, -0.05) is 0 Å². The van der Waals surface area contributed by atoms with E-state index in [0.29, 0.717) is 22.6 Å². The summed E-state index contributed by atoms with van der Waals surface area (Å²) in [5, 5.41) is 19.5.